The van der Waals surface area contributed by atoms with Gasteiger partial charge in [-0.3, -0.25) is 0 Å². The summed E-state index contributed by atoms with van der Waals surface area (Å²) in [6.07, 6.45) is 0.524. The van der Waals surface area contributed by atoms with Crippen LogP contribution in [0, 0.1) is 0 Å². The maximum Gasteiger partial charge on any atom is 0.170 e. The van der Waals surface area contributed by atoms with E-state index in [-0.39, 0.29) is 12.0 Å². The van der Waals surface area contributed by atoms with E-state index in [1.165, 1.54) is 12.2 Å². The molecule has 0 aliphatic heterocycles. The van der Waals surface area contributed by atoms with Gasteiger partial charge in [-0.2, -0.15) is 0 Å². The molecule has 3 heteroatoms. The van der Waals surface area contributed by atoms with E-state index in [1.54, 1.807) is 0 Å². The fourth-order valence-electron chi connectivity index (χ4n) is 0.872. The molecule has 0 bridgehead atoms. The number of rotatable bonds is 1. The molecule has 1 aliphatic carbocycles. The van der Waals surface area contributed by atoms with Crippen molar-refractivity contribution in [2.45, 2.75) is 12.6 Å². The standard InChI is InChI=1S/C8H7F3/c1-2-5-3-4-6(9)8(11)7(5)10/h2-3,6H,1,4H2. The van der Waals surface area contributed by atoms with Crippen molar-refractivity contribution in [1.29, 1.82) is 0 Å². The molecular weight excluding hydrogens is 153 g/mol. The highest BCUT2D eigenvalue weighted by atomic mass is 19.2. The fraction of sp³-hybridized carbons (Fsp3) is 0.250. The third-order valence-electron chi connectivity index (χ3n) is 1.50. The van der Waals surface area contributed by atoms with Crippen molar-refractivity contribution in [3.63, 3.8) is 0 Å². The van der Waals surface area contributed by atoms with Gasteiger partial charge in [0.2, 0.25) is 0 Å². The second-order valence-electron chi connectivity index (χ2n) is 2.23. The van der Waals surface area contributed by atoms with Crippen molar-refractivity contribution < 1.29 is 13.2 Å². The number of alkyl halides is 1. The molecule has 0 amide bonds. The first-order chi connectivity index (χ1) is 5.16. The van der Waals surface area contributed by atoms with Gasteiger partial charge < -0.3 is 0 Å². The highest BCUT2D eigenvalue weighted by Crippen LogP contribution is 2.29. The lowest BCUT2D eigenvalue weighted by Gasteiger charge is -2.11. The van der Waals surface area contributed by atoms with Gasteiger partial charge in [-0.15, -0.1) is 0 Å². The average molecular weight is 160 g/mol. The molecule has 60 valence electrons. The van der Waals surface area contributed by atoms with Crippen LogP contribution in [0.5, 0.6) is 0 Å². The van der Waals surface area contributed by atoms with Crippen LogP contribution in [0.2, 0.25) is 0 Å². The zero-order chi connectivity index (χ0) is 8.43. The molecule has 1 rings (SSSR count). The Morgan fingerprint density at radius 1 is 1.55 bits per heavy atom. The maximum absolute atomic E-state index is 12.6. The van der Waals surface area contributed by atoms with Gasteiger partial charge in [0.1, 0.15) is 0 Å². The summed E-state index contributed by atoms with van der Waals surface area (Å²) in [4.78, 5) is 0. The van der Waals surface area contributed by atoms with Crippen molar-refractivity contribution in [3.05, 3.63) is 36.0 Å². The molecule has 0 N–H and O–H groups in total. The minimum atomic E-state index is -1.82. The maximum atomic E-state index is 12.6. The van der Waals surface area contributed by atoms with Crippen LogP contribution in [-0.4, -0.2) is 6.17 Å². The molecule has 1 atom stereocenters. The van der Waals surface area contributed by atoms with E-state index in [0.717, 1.165) is 0 Å². The zero-order valence-electron chi connectivity index (χ0n) is 5.78. The Labute approximate surface area is 62.7 Å². The molecule has 0 saturated carbocycles. The van der Waals surface area contributed by atoms with E-state index >= 15 is 0 Å². The van der Waals surface area contributed by atoms with Gasteiger partial charge >= 0.3 is 0 Å². The number of hydrogen-bond acceptors (Lipinski definition) is 0. The van der Waals surface area contributed by atoms with Crippen LogP contribution >= 0.6 is 0 Å². The number of hydrogen-bond donors (Lipinski definition) is 0. The molecule has 1 unspecified atom stereocenters. The zero-order valence-corrected chi connectivity index (χ0v) is 5.78. The van der Waals surface area contributed by atoms with Gasteiger partial charge in [-0.05, 0) is 0 Å². The van der Waals surface area contributed by atoms with Crippen molar-refractivity contribution >= 4 is 0 Å². The first-order valence-electron chi connectivity index (χ1n) is 3.19. The molecule has 11 heavy (non-hydrogen) atoms. The second kappa shape index (κ2) is 2.95. The summed E-state index contributed by atoms with van der Waals surface area (Å²) < 4.78 is 37.5. The summed E-state index contributed by atoms with van der Waals surface area (Å²) >= 11 is 0. The Balaban J connectivity index is 2.99. The highest BCUT2D eigenvalue weighted by molar-refractivity contribution is 5.40. The predicted molar refractivity (Wildman–Crippen MR) is 37.0 cm³/mol. The molecular formula is C8H7F3. The Morgan fingerprint density at radius 2 is 2.18 bits per heavy atom. The lowest BCUT2D eigenvalue weighted by atomic mass is 10.0. The third kappa shape index (κ3) is 1.37. The van der Waals surface area contributed by atoms with Crippen LogP contribution in [0.3, 0.4) is 0 Å². The molecule has 0 nitrogen and oxygen atoms in total. The molecule has 0 aromatic carbocycles. The average Bonchev–Trinajstić information content (AvgIpc) is 2.01. The summed E-state index contributed by atoms with van der Waals surface area (Å²) in [5.41, 5.74) is 0.0383. The number of allylic oxidation sites excluding steroid dienone is 5. The van der Waals surface area contributed by atoms with Gasteiger partial charge in [0.05, 0.1) is 0 Å². The predicted octanol–water partition coefficient (Wildman–Crippen LogP) is 2.99. The minimum absolute atomic E-state index is 0.0383. The van der Waals surface area contributed by atoms with Crippen molar-refractivity contribution in [1.82, 2.24) is 0 Å². The second-order valence-corrected chi connectivity index (χ2v) is 2.23. The minimum Gasteiger partial charge on any atom is -0.239 e. The molecule has 0 aromatic rings. The molecule has 0 fully saturated rings. The van der Waals surface area contributed by atoms with Crippen molar-refractivity contribution in [2.75, 3.05) is 0 Å². The van der Waals surface area contributed by atoms with Gasteiger partial charge in [0.25, 0.3) is 0 Å². The van der Waals surface area contributed by atoms with Gasteiger partial charge in [0, 0.05) is 12.0 Å². The van der Waals surface area contributed by atoms with E-state index in [0.29, 0.717) is 0 Å². The van der Waals surface area contributed by atoms with E-state index in [2.05, 4.69) is 6.58 Å². The smallest absolute Gasteiger partial charge is 0.170 e. The quantitative estimate of drug-likeness (QED) is 0.553. The summed E-state index contributed by atoms with van der Waals surface area (Å²) in [5, 5.41) is 0. The number of halogens is 3. The molecule has 0 radical (unpaired) electrons. The van der Waals surface area contributed by atoms with Gasteiger partial charge in [-0.25, -0.2) is 13.2 Å². The lowest BCUT2D eigenvalue weighted by Crippen LogP contribution is -2.06. The Hall–Kier alpha value is -0.990. The summed E-state index contributed by atoms with van der Waals surface area (Å²) in [6.45, 7) is 3.26. The summed E-state index contributed by atoms with van der Waals surface area (Å²) in [5.74, 6) is -2.44. The van der Waals surface area contributed by atoms with E-state index in [9.17, 15) is 13.2 Å². The Bertz CT molecular complexity index is 238. The third-order valence-corrected chi connectivity index (χ3v) is 1.50. The van der Waals surface area contributed by atoms with Crippen LogP contribution in [0.4, 0.5) is 13.2 Å². The van der Waals surface area contributed by atoms with Crippen LogP contribution in [0.15, 0.2) is 36.0 Å². The van der Waals surface area contributed by atoms with Crippen molar-refractivity contribution in [3.8, 4) is 0 Å². The van der Waals surface area contributed by atoms with E-state index in [1.807, 2.05) is 0 Å². The van der Waals surface area contributed by atoms with Crippen LogP contribution in [0.1, 0.15) is 6.42 Å². The summed E-state index contributed by atoms with van der Waals surface area (Å²) in [7, 11) is 0. The molecule has 0 spiro atoms. The highest BCUT2D eigenvalue weighted by Gasteiger charge is 2.23. The molecule has 0 aromatic heterocycles. The monoisotopic (exact) mass is 160 g/mol. The topological polar surface area (TPSA) is 0 Å². The first kappa shape index (κ1) is 8.11. The SMILES string of the molecule is C=CC1=CCC(F)C(F)=C1F. The normalized spacial score (nSPS) is 25.0. The fourth-order valence-corrected chi connectivity index (χ4v) is 0.872. The first-order valence-corrected chi connectivity index (χ1v) is 3.19. The van der Waals surface area contributed by atoms with Gasteiger partial charge in [0.15, 0.2) is 17.8 Å². The van der Waals surface area contributed by atoms with E-state index in [4.69, 9.17) is 0 Å². The van der Waals surface area contributed by atoms with Gasteiger partial charge in [-0.1, -0.05) is 18.7 Å². The molecule has 0 heterocycles. The largest absolute Gasteiger partial charge is 0.239 e. The van der Waals surface area contributed by atoms with Crippen LogP contribution < -0.4 is 0 Å². The van der Waals surface area contributed by atoms with Crippen molar-refractivity contribution in [2.24, 2.45) is 0 Å². The molecule has 1 aliphatic rings. The lowest BCUT2D eigenvalue weighted by molar-refractivity contribution is 0.309. The Morgan fingerprint density at radius 3 is 2.73 bits per heavy atom. The van der Waals surface area contributed by atoms with E-state index < -0.39 is 17.8 Å². The summed E-state index contributed by atoms with van der Waals surface area (Å²) in [6, 6.07) is 0. The van der Waals surface area contributed by atoms with Crippen LogP contribution in [0.25, 0.3) is 0 Å². The molecule has 0 saturated heterocycles. The Kier molecular flexibility index (Phi) is 2.17. The van der Waals surface area contributed by atoms with Crippen LogP contribution in [-0.2, 0) is 0 Å².